The average molecular weight is 804 g/mol. The largest absolute Gasteiger partial charge is 0.498 e. The van der Waals surface area contributed by atoms with E-state index in [1.165, 1.54) is 96.3 Å². The van der Waals surface area contributed by atoms with Crippen LogP contribution in [0.15, 0.2) is 85.3 Å². The summed E-state index contributed by atoms with van der Waals surface area (Å²) in [5.41, 5.74) is 5.36. The number of esters is 1. The van der Waals surface area contributed by atoms with Crippen LogP contribution in [0.1, 0.15) is 174 Å². The molecule has 0 saturated carbocycles. The lowest BCUT2D eigenvalue weighted by molar-refractivity contribution is -0.153. The van der Waals surface area contributed by atoms with Gasteiger partial charge in [-0.05, 0) is 63.9 Å². The molecule has 2 atom stereocenters. The maximum Gasteiger partial charge on any atom is 0.472 e. The predicted molar refractivity (Wildman–Crippen MR) is 237 cm³/mol. The molecule has 0 fully saturated rings. The van der Waals surface area contributed by atoms with E-state index in [9.17, 15) is 14.3 Å². The molecule has 0 heterocycles. The number of phosphoric acid groups is 1. The Bertz CT molecular complexity index is 1130. The standard InChI is InChI=1S/C47H82NO7P/c1-3-5-7-9-11-13-15-17-19-21-23-24-26-28-30-32-34-36-38-40-47(49)55-46(45-54-56(50,51)53-43-41-48)44-52-42-39-37-35-33-31-29-27-25-22-20-18-16-14-12-10-8-6-4-2/h5,7,11,13,17,19,23-24,28,30,34,36,39,42,46H,3-4,6,8-10,12,14-16,18,20-22,25-27,29,31-33,35,37-38,40-41,43-45,48H2,1-2H3,(H,50,51)/b7-5+,13-11+,19-17+,24-23+,30-28+,36-34+,42-39+/t46-/m1/s1. The summed E-state index contributed by atoms with van der Waals surface area (Å²) in [6.45, 7) is 4.03. The highest BCUT2D eigenvalue weighted by Gasteiger charge is 2.25. The summed E-state index contributed by atoms with van der Waals surface area (Å²) in [4.78, 5) is 22.4. The van der Waals surface area contributed by atoms with E-state index in [-0.39, 0.29) is 32.8 Å². The fourth-order valence-corrected chi connectivity index (χ4v) is 6.46. The van der Waals surface area contributed by atoms with Crippen molar-refractivity contribution >= 4 is 13.8 Å². The molecule has 0 spiro atoms. The van der Waals surface area contributed by atoms with Crippen LogP contribution in [-0.4, -0.2) is 43.3 Å². The zero-order valence-corrected chi connectivity index (χ0v) is 36.5. The second kappa shape index (κ2) is 43.6. The van der Waals surface area contributed by atoms with Gasteiger partial charge in [-0.2, -0.15) is 0 Å². The van der Waals surface area contributed by atoms with Gasteiger partial charge in [0.2, 0.25) is 0 Å². The summed E-state index contributed by atoms with van der Waals surface area (Å²) in [6.07, 6.45) is 57.1. The van der Waals surface area contributed by atoms with Crippen LogP contribution in [0.25, 0.3) is 0 Å². The number of hydrogen-bond donors (Lipinski definition) is 2. The molecule has 3 N–H and O–H groups in total. The van der Waals surface area contributed by atoms with Crippen molar-refractivity contribution in [1.82, 2.24) is 0 Å². The summed E-state index contributed by atoms with van der Waals surface area (Å²) in [5.74, 6) is -0.436. The number of carbonyl (C=O) groups excluding carboxylic acids is 1. The molecular formula is C47H82NO7P. The van der Waals surface area contributed by atoms with Crippen molar-refractivity contribution < 1.29 is 32.8 Å². The van der Waals surface area contributed by atoms with Gasteiger partial charge >= 0.3 is 13.8 Å². The van der Waals surface area contributed by atoms with Crippen molar-refractivity contribution in [2.45, 2.75) is 180 Å². The molecule has 0 aliphatic carbocycles. The van der Waals surface area contributed by atoms with Crippen molar-refractivity contribution in [2.24, 2.45) is 5.73 Å². The SMILES string of the molecule is CC/C=C/C/C=C/C/C=C/C/C=C/C/C=C/C/C=C/CCC(=O)O[C@H](CO/C=C/CCCCCCCCCCCCCCCCCC)COP(=O)(O)OCCN. The molecule has 0 saturated heterocycles. The fraction of sp³-hybridized carbons (Fsp3) is 0.681. The normalized spacial score (nSPS) is 14.2. The molecule has 0 aliphatic rings. The lowest BCUT2D eigenvalue weighted by Gasteiger charge is -2.19. The van der Waals surface area contributed by atoms with Crippen LogP contribution in [0.4, 0.5) is 0 Å². The molecule has 0 rings (SSSR count). The van der Waals surface area contributed by atoms with Crippen molar-refractivity contribution in [1.29, 1.82) is 0 Å². The highest BCUT2D eigenvalue weighted by molar-refractivity contribution is 7.47. The van der Waals surface area contributed by atoms with Gasteiger partial charge in [0.05, 0.1) is 19.5 Å². The van der Waals surface area contributed by atoms with Crippen LogP contribution in [0.2, 0.25) is 0 Å². The minimum atomic E-state index is -4.32. The number of phosphoric ester groups is 1. The number of allylic oxidation sites excluding steroid dienone is 13. The summed E-state index contributed by atoms with van der Waals surface area (Å²) >= 11 is 0. The summed E-state index contributed by atoms with van der Waals surface area (Å²) in [7, 11) is -4.32. The van der Waals surface area contributed by atoms with Gasteiger partial charge in [-0.1, -0.05) is 183 Å². The molecular weight excluding hydrogens is 721 g/mol. The van der Waals surface area contributed by atoms with Gasteiger partial charge in [0, 0.05) is 13.0 Å². The van der Waals surface area contributed by atoms with Crippen LogP contribution in [0.3, 0.4) is 0 Å². The Hall–Kier alpha value is -2.48. The first-order valence-corrected chi connectivity index (χ1v) is 23.6. The Morgan fingerprint density at radius 1 is 0.571 bits per heavy atom. The fourth-order valence-electron chi connectivity index (χ4n) is 5.69. The predicted octanol–water partition coefficient (Wildman–Crippen LogP) is 13.7. The van der Waals surface area contributed by atoms with E-state index in [1.807, 2.05) is 18.2 Å². The minimum absolute atomic E-state index is 0.00199. The third-order valence-electron chi connectivity index (χ3n) is 8.90. The Morgan fingerprint density at radius 3 is 1.48 bits per heavy atom. The molecule has 322 valence electrons. The minimum Gasteiger partial charge on any atom is -0.498 e. The lowest BCUT2D eigenvalue weighted by Crippen LogP contribution is -2.27. The number of hydrogen-bond acceptors (Lipinski definition) is 7. The van der Waals surface area contributed by atoms with Crippen molar-refractivity contribution in [3.8, 4) is 0 Å². The zero-order valence-electron chi connectivity index (χ0n) is 35.6. The molecule has 8 nitrogen and oxygen atoms in total. The summed E-state index contributed by atoms with van der Waals surface area (Å²) < 4.78 is 33.1. The molecule has 1 unspecified atom stereocenters. The van der Waals surface area contributed by atoms with E-state index >= 15 is 0 Å². The molecule has 0 aromatic carbocycles. The highest BCUT2D eigenvalue weighted by atomic mass is 31.2. The second-order valence-electron chi connectivity index (χ2n) is 14.2. The van der Waals surface area contributed by atoms with E-state index in [1.54, 1.807) is 6.26 Å². The molecule has 0 aliphatic heterocycles. The quantitative estimate of drug-likeness (QED) is 0.0206. The number of unbranched alkanes of at least 4 members (excludes halogenated alkanes) is 16. The van der Waals surface area contributed by atoms with Gasteiger partial charge in [-0.3, -0.25) is 13.8 Å². The first-order chi connectivity index (χ1) is 27.4. The molecule has 0 aromatic rings. The van der Waals surface area contributed by atoms with E-state index in [0.29, 0.717) is 6.42 Å². The van der Waals surface area contributed by atoms with Crippen LogP contribution in [-0.2, 0) is 27.9 Å². The third-order valence-corrected chi connectivity index (χ3v) is 9.89. The van der Waals surface area contributed by atoms with E-state index < -0.39 is 19.9 Å². The molecule has 0 bridgehead atoms. The number of carbonyl (C=O) groups is 1. The van der Waals surface area contributed by atoms with Crippen LogP contribution >= 0.6 is 7.82 Å². The van der Waals surface area contributed by atoms with E-state index in [0.717, 1.165) is 51.4 Å². The molecule has 9 heteroatoms. The highest BCUT2D eigenvalue weighted by Crippen LogP contribution is 2.43. The first-order valence-electron chi connectivity index (χ1n) is 22.1. The summed E-state index contributed by atoms with van der Waals surface area (Å²) in [5, 5.41) is 0. The molecule has 0 radical (unpaired) electrons. The Balaban J connectivity index is 4.21. The maximum atomic E-state index is 12.5. The van der Waals surface area contributed by atoms with Gasteiger partial charge in [0.25, 0.3) is 0 Å². The van der Waals surface area contributed by atoms with Crippen LogP contribution in [0, 0.1) is 0 Å². The average Bonchev–Trinajstić information content (AvgIpc) is 3.19. The van der Waals surface area contributed by atoms with Gasteiger partial charge in [0.1, 0.15) is 6.61 Å². The number of rotatable bonds is 41. The summed E-state index contributed by atoms with van der Waals surface area (Å²) in [6, 6.07) is 0. The Labute approximate surface area is 343 Å². The second-order valence-corrected chi connectivity index (χ2v) is 15.7. The van der Waals surface area contributed by atoms with Gasteiger partial charge < -0.3 is 20.1 Å². The van der Waals surface area contributed by atoms with Gasteiger partial charge in [0.15, 0.2) is 6.10 Å². The number of ether oxygens (including phenoxy) is 2. The van der Waals surface area contributed by atoms with E-state index in [4.69, 9.17) is 24.3 Å². The van der Waals surface area contributed by atoms with Crippen molar-refractivity contribution in [2.75, 3.05) is 26.4 Å². The monoisotopic (exact) mass is 804 g/mol. The van der Waals surface area contributed by atoms with Crippen molar-refractivity contribution in [3.05, 3.63) is 85.3 Å². The third kappa shape index (κ3) is 42.7. The zero-order chi connectivity index (χ0) is 40.9. The van der Waals surface area contributed by atoms with Gasteiger partial charge in [-0.25, -0.2) is 4.57 Å². The maximum absolute atomic E-state index is 12.5. The van der Waals surface area contributed by atoms with E-state index in [2.05, 4.69) is 74.6 Å². The van der Waals surface area contributed by atoms with Crippen LogP contribution in [0.5, 0.6) is 0 Å². The Kier molecular flexibility index (Phi) is 41.7. The molecule has 0 amide bonds. The molecule has 0 aromatic heterocycles. The topological polar surface area (TPSA) is 117 Å². The molecule has 56 heavy (non-hydrogen) atoms. The Morgan fingerprint density at radius 2 is 1.02 bits per heavy atom. The van der Waals surface area contributed by atoms with Crippen LogP contribution < -0.4 is 5.73 Å². The first kappa shape index (κ1) is 53.5. The smallest absolute Gasteiger partial charge is 0.472 e. The van der Waals surface area contributed by atoms with Gasteiger partial charge in [-0.15, -0.1) is 0 Å². The van der Waals surface area contributed by atoms with Crippen molar-refractivity contribution in [3.63, 3.8) is 0 Å². The lowest BCUT2D eigenvalue weighted by atomic mass is 10.0. The number of nitrogens with two attached hydrogens (primary N) is 1.